The van der Waals surface area contributed by atoms with Crippen LogP contribution in [0.15, 0.2) is 16.6 Å². The van der Waals surface area contributed by atoms with Crippen LogP contribution < -0.4 is 10.2 Å². The Kier molecular flexibility index (Phi) is 2.93. The molecule has 0 radical (unpaired) electrons. The number of fused-ring (bicyclic) bond motifs is 1. The van der Waals surface area contributed by atoms with Crippen LogP contribution in [0.2, 0.25) is 0 Å². The number of benzene rings is 1. The standard InChI is InChI=1S/C12H15BrN2O/c1-7-4-9(13)5-10-11(7)14-6-8(2)12(16)15(10)3/h4-5,8,14H,6H2,1-3H3. The van der Waals surface area contributed by atoms with Crippen LogP contribution in [-0.4, -0.2) is 19.5 Å². The molecule has 1 unspecified atom stereocenters. The van der Waals surface area contributed by atoms with Crippen molar-refractivity contribution in [3.63, 3.8) is 0 Å². The van der Waals surface area contributed by atoms with Crippen LogP contribution in [-0.2, 0) is 4.79 Å². The van der Waals surface area contributed by atoms with Crippen molar-refractivity contribution in [2.75, 3.05) is 23.8 Å². The molecule has 0 spiro atoms. The highest BCUT2D eigenvalue weighted by Crippen LogP contribution is 2.35. The van der Waals surface area contributed by atoms with Gasteiger partial charge in [0.25, 0.3) is 0 Å². The average Bonchev–Trinajstić information content (AvgIpc) is 2.32. The lowest BCUT2D eigenvalue weighted by atomic mass is 10.1. The van der Waals surface area contributed by atoms with E-state index in [0.29, 0.717) is 6.54 Å². The van der Waals surface area contributed by atoms with Crippen LogP contribution in [0.25, 0.3) is 0 Å². The Balaban J connectivity index is 2.57. The molecule has 0 fully saturated rings. The van der Waals surface area contributed by atoms with E-state index in [9.17, 15) is 4.79 Å². The van der Waals surface area contributed by atoms with E-state index in [0.717, 1.165) is 21.4 Å². The number of rotatable bonds is 0. The summed E-state index contributed by atoms with van der Waals surface area (Å²) in [5.74, 6) is 0.166. The third-order valence-electron chi connectivity index (χ3n) is 2.98. The van der Waals surface area contributed by atoms with Crippen LogP contribution in [0.3, 0.4) is 0 Å². The highest BCUT2D eigenvalue weighted by atomic mass is 79.9. The molecule has 1 aliphatic rings. The zero-order chi connectivity index (χ0) is 11.9. The number of nitrogens with one attached hydrogen (secondary N) is 1. The summed E-state index contributed by atoms with van der Waals surface area (Å²) in [6, 6.07) is 4.03. The fourth-order valence-electron chi connectivity index (χ4n) is 2.01. The van der Waals surface area contributed by atoms with E-state index in [1.165, 1.54) is 0 Å². The molecule has 1 N–H and O–H groups in total. The van der Waals surface area contributed by atoms with Crippen molar-refractivity contribution >= 4 is 33.2 Å². The fourth-order valence-corrected chi connectivity index (χ4v) is 2.57. The van der Waals surface area contributed by atoms with Crippen LogP contribution in [0.1, 0.15) is 12.5 Å². The highest BCUT2D eigenvalue weighted by Gasteiger charge is 2.25. The number of aryl methyl sites for hydroxylation is 1. The Morgan fingerprint density at radius 2 is 2.19 bits per heavy atom. The minimum absolute atomic E-state index is 0.00979. The van der Waals surface area contributed by atoms with Gasteiger partial charge in [0.05, 0.1) is 17.3 Å². The minimum Gasteiger partial charge on any atom is -0.382 e. The van der Waals surface area contributed by atoms with Gasteiger partial charge in [0, 0.05) is 18.1 Å². The largest absolute Gasteiger partial charge is 0.382 e. The summed E-state index contributed by atoms with van der Waals surface area (Å²) < 4.78 is 1.000. The first kappa shape index (κ1) is 11.5. The number of anilines is 2. The number of halogens is 1. The number of carbonyl (C=O) groups excluding carboxylic acids is 1. The van der Waals surface area contributed by atoms with Gasteiger partial charge in [0.2, 0.25) is 5.91 Å². The number of hydrogen-bond donors (Lipinski definition) is 1. The van der Waals surface area contributed by atoms with Crippen molar-refractivity contribution < 1.29 is 4.79 Å². The molecule has 1 heterocycles. The topological polar surface area (TPSA) is 32.3 Å². The van der Waals surface area contributed by atoms with Crippen molar-refractivity contribution in [2.24, 2.45) is 5.92 Å². The van der Waals surface area contributed by atoms with Gasteiger partial charge in [-0.3, -0.25) is 4.79 Å². The molecule has 1 amide bonds. The number of nitrogens with zero attached hydrogens (tertiary/aromatic N) is 1. The zero-order valence-electron chi connectivity index (χ0n) is 9.67. The van der Waals surface area contributed by atoms with E-state index >= 15 is 0 Å². The molecular weight excluding hydrogens is 268 g/mol. The normalized spacial score (nSPS) is 20.1. The first-order valence-corrected chi connectivity index (χ1v) is 6.11. The van der Waals surface area contributed by atoms with Gasteiger partial charge in [0.15, 0.2) is 0 Å². The Morgan fingerprint density at radius 1 is 1.50 bits per heavy atom. The van der Waals surface area contributed by atoms with Gasteiger partial charge in [-0.15, -0.1) is 0 Å². The summed E-state index contributed by atoms with van der Waals surface area (Å²) in [4.78, 5) is 13.7. The Bertz CT molecular complexity index is 445. The second-order valence-corrected chi connectivity index (χ2v) is 5.21. The van der Waals surface area contributed by atoms with E-state index in [1.54, 1.807) is 4.90 Å². The maximum Gasteiger partial charge on any atom is 0.231 e. The van der Waals surface area contributed by atoms with E-state index in [4.69, 9.17) is 0 Å². The van der Waals surface area contributed by atoms with Crippen LogP contribution in [0.4, 0.5) is 11.4 Å². The summed E-state index contributed by atoms with van der Waals surface area (Å²) in [6.07, 6.45) is 0. The van der Waals surface area contributed by atoms with Crippen molar-refractivity contribution in [1.29, 1.82) is 0 Å². The first-order valence-electron chi connectivity index (χ1n) is 5.32. The molecule has 1 atom stereocenters. The second-order valence-electron chi connectivity index (χ2n) is 4.30. The van der Waals surface area contributed by atoms with Gasteiger partial charge >= 0.3 is 0 Å². The number of amides is 1. The maximum atomic E-state index is 12.0. The molecule has 1 aromatic rings. The first-order chi connectivity index (χ1) is 7.50. The van der Waals surface area contributed by atoms with E-state index in [1.807, 2.05) is 27.0 Å². The molecule has 86 valence electrons. The van der Waals surface area contributed by atoms with E-state index in [-0.39, 0.29) is 11.8 Å². The monoisotopic (exact) mass is 282 g/mol. The average molecular weight is 283 g/mol. The van der Waals surface area contributed by atoms with E-state index < -0.39 is 0 Å². The zero-order valence-corrected chi connectivity index (χ0v) is 11.3. The summed E-state index contributed by atoms with van der Waals surface area (Å²) in [6.45, 7) is 4.69. The number of hydrogen-bond acceptors (Lipinski definition) is 2. The van der Waals surface area contributed by atoms with Crippen LogP contribution in [0, 0.1) is 12.8 Å². The Labute approximate surface area is 104 Å². The number of carbonyl (C=O) groups is 1. The van der Waals surface area contributed by atoms with Crippen molar-refractivity contribution in [1.82, 2.24) is 0 Å². The third kappa shape index (κ3) is 1.82. The predicted octanol–water partition coefficient (Wildman–Crippen LogP) is 2.78. The minimum atomic E-state index is 0.00979. The lowest BCUT2D eigenvalue weighted by Crippen LogP contribution is -2.31. The molecule has 0 bridgehead atoms. The fraction of sp³-hybridized carbons (Fsp3) is 0.417. The third-order valence-corrected chi connectivity index (χ3v) is 3.44. The summed E-state index contributed by atoms with van der Waals surface area (Å²) in [7, 11) is 1.83. The molecule has 2 rings (SSSR count). The van der Waals surface area contributed by atoms with Gasteiger partial charge in [0.1, 0.15) is 0 Å². The van der Waals surface area contributed by atoms with Crippen molar-refractivity contribution in [2.45, 2.75) is 13.8 Å². The summed E-state index contributed by atoms with van der Waals surface area (Å²) in [5, 5.41) is 3.35. The molecule has 4 heteroatoms. The van der Waals surface area contributed by atoms with E-state index in [2.05, 4.69) is 27.3 Å². The molecule has 0 saturated carbocycles. The molecular formula is C12H15BrN2O. The molecule has 1 aromatic carbocycles. The van der Waals surface area contributed by atoms with Gasteiger partial charge in [-0.05, 0) is 24.6 Å². The molecule has 0 saturated heterocycles. The van der Waals surface area contributed by atoms with Crippen molar-refractivity contribution in [3.05, 3.63) is 22.2 Å². The quantitative estimate of drug-likeness (QED) is 0.794. The highest BCUT2D eigenvalue weighted by molar-refractivity contribution is 9.10. The molecule has 0 aromatic heterocycles. The van der Waals surface area contributed by atoms with Gasteiger partial charge in [-0.25, -0.2) is 0 Å². The molecule has 16 heavy (non-hydrogen) atoms. The van der Waals surface area contributed by atoms with Crippen LogP contribution in [0.5, 0.6) is 0 Å². The lowest BCUT2D eigenvalue weighted by molar-refractivity contribution is -0.121. The predicted molar refractivity (Wildman–Crippen MR) is 69.9 cm³/mol. The maximum absolute atomic E-state index is 12.0. The van der Waals surface area contributed by atoms with Gasteiger partial charge < -0.3 is 10.2 Å². The van der Waals surface area contributed by atoms with Gasteiger partial charge in [-0.1, -0.05) is 22.9 Å². The Hall–Kier alpha value is -1.03. The van der Waals surface area contributed by atoms with Crippen LogP contribution >= 0.6 is 15.9 Å². The Morgan fingerprint density at radius 3 is 2.88 bits per heavy atom. The second kappa shape index (κ2) is 4.09. The van der Waals surface area contributed by atoms with Crippen molar-refractivity contribution in [3.8, 4) is 0 Å². The SMILES string of the molecule is Cc1cc(Br)cc2c1NCC(C)C(=O)N2C. The molecule has 1 aliphatic heterocycles. The summed E-state index contributed by atoms with van der Waals surface area (Å²) in [5.41, 5.74) is 3.16. The van der Waals surface area contributed by atoms with Gasteiger partial charge in [-0.2, -0.15) is 0 Å². The lowest BCUT2D eigenvalue weighted by Gasteiger charge is -2.19. The smallest absolute Gasteiger partial charge is 0.231 e. The molecule has 0 aliphatic carbocycles. The molecule has 3 nitrogen and oxygen atoms in total. The summed E-state index contributed by atoms with van der Waals surface area (Å²) >= 11 is 3.46.